The van der Waals surface area contributed by atoms with Crippen molar-refractivity contribution in [2.75, 3.05) is 6.54 Å². The molecule has 0 aromatic carbocycles. The predicted molar refractivity (Wildman–Crippen MR) is 64.2 cm³/mol. The minimum absolute atomic E-state index is 0.0188. The molecule has 0 fully saturated rings. The zero-order valence-electron chi connectivity index (χ0n) is 9.54. The van der Waals surface area contributed by atoms with E-state index in [2.05, 4.69) is 21.2 Å². The van der Waals surface area contributed by atoms with Gasteiger partial charge in [0.2, 0.25) is 0 Å². The fraction of sp³-hybridized carbons (Fsp3) is 0.600. The third-order valence-corrected chi connectivity index (χ3v) is 4.51. The first-order chi connectivity index (χ1) is 8.11. The lowest BCUT2D eigenvalue weighted by Crippen LogP contribution is -2.47. The first-order valence-electron chi connectivity index (χ1n) is 5.05. The van der Waals surface area contributed by atoms with Gasteiger partial charge >= 0.3 is 12.1 Å². The van der Waals surface area contributed by atoms with Crippen molar-refractivity contribution < 1.29 is 22.0 Å². The Hall–Kier alpha value is -0.210. The summed E-state index contributed by atoms with van der Waals surface area (Å²) in [6.45, 7) is 3.14. The van der Waals surface area contributed by atoms with Crippen LogP contribution < -0.4 is 5.32 Å². The Labute approximate surface area is 114 Å². The summed E-state index contributed by atoms with van der Waals surface area (Å²) in [5.41, 5.74) is 0.635. The van der Waals surface area contributed by atoms with E-state index in [4.69, 9.17) is 0 Å². The number of halogens is 6. The number of rotatable bonds is 4. The van der Waals surface area contributed by atoms with E-state index in [0.29, 0.717) is 9.35 Å². The van der Waals surface area contributed by atoms with Crippen LogP contribution in [0.4, 0.5) is 22.0 Å². The summed E-state index contributed by atoms with van der Waals surface area (Å²) < 4.78 is 64.6. The smallest absolute Gasteiger partial charge is 0.304 e. The van der Waals surface area contributed by atoms with Crippen LogP contribution in [-0.2, 0) is 0 Å². The van der Waals surface area contributed by atoms with Gasteiger partial charge in [0.05, 0.1) is 3.79 Å². The van der Waals surface area contributed by atoms with E-state index in [-0.39, 0.29) is 11.4 Å². The second-order valence-corrected chi connectivity index (χ2v) is 6.12. The van der Waals surface area contributed by atoms with Gasteiger partial charge < -0.3 is 5.32 Å². The molecule has 104 valence electrons. The Kier molecular flexibility index (Phi) is 4.77. The van der Waals surface area contributed by atoms with Crippen LogP contribution in [0.2, 0.25) is 0 Å². The second-order valence-electron chi connectivity index (χ2n) is 3.72. The van der Waals surface area contributed by atoms with E-state index in [9.17, 15) is 22.0 Å². The first-order valence-corrected chi connectivity index (χ1v) is 6.66. The molecule has 0 saturated carbocycles. The molecule has 1 atom stereocenters. The van der Waals surface area contributed by atoms with E-state index < -0.39 is 18.1 Å². The van der Waals surface area contributed by atoms with Gasteiger partial charge in [-0.3, -0.25) is 0 Å². The lowest BCUT2D eigenvalue weighted by Gasteiger charge is -2.28. The highest BCUT2D eigenvalue weighted by molar-refractivity contribution is 9.11. The maximum atomic E-state index is 13.4. The fourth-order valence-electron chi connectivity index (χ4n) is 1.40. The molecule has 0 aliphatic rings. The molecule has 0 bridgehead atoms. The quantitative estimate of drug-likeness (QED) is 0.777. The molecule has 1 heterocycles. The molecule has 1 aromatic heterocycles. The van der Waals surface area contributed by atoms with E-state index in [1.165, 1.54) is 13.0 Å². The van der Waals surface area contributed by atoms with E-state index in [1.807, 2.05) is 0 Å². The number of hydrogen-bond acceptors (Lipinski definition) is 2. The SMILES string of the molecule is CCNC(c1cc(C)c(Br)s1)C(F)(F)C(F)(F)F. The number of thiophene rings is 1. The topological polar surface area (TPSA) is 12.0 Å². The number of hydrogen-bond donors (Lipinski definition) is 1. The van der Waals surface area contributed by atoms with Gasteiger partial charge in [-0.2, -0.15) is 22.0 Å². The second kappa shape index (κ2) is 5.42. The summed E-state index contributed by atoms with van der Waals surface area (Å²) in [4.78, 5) is -0.0384. The van der Waals surface area contributed by atoms with Crippen LogP contribution in [-0.4, -0.2) is 18.6 Å². The van der Waals surface area contributed by atoms with E-state index in [1.54, 1.807) is 6.92 Å². The number of aryl methyl sites for hydroxylation is 1. The number of nitrogens with one attached hydrogen (secondary N) is 1. The molecule has 0 radical (unpaired) electrons. The van der Waals surface area contributed by atoms with Crippen LogP contribution in [0.15, 0.2) is 9.85 Å². The van der Waals surface area contributed by atoms with Crippen LogP contribution in [0.25, 0.3) is 0 Å². The molecule has 1 aromatic rings. The van der Waals surface area contributed by atoms with Crippen LogP contribution in [0, 0.1) is 6.92 Å². The van der Waals surface area contributed by atoms with Crippen LogP contribution in [0.3, 0.4) is 0 Å². The molecule has 0 amide bonds. The summed E-state index contributed by atoms with van der Waals surface area (Å²) in [5.74, 6) is -4.81. The predicted octanol–water partition coefficient (Wildman–Crippen LogP) is 4.67. The molecule has 1 nitrogen and oxygen atoms in total. The molecule has 1 rings (SSSR count). The highest BCUT2D eigenvalue weighted by Gasteiger charge is 2.62. The van der Waals surface area contributed by atoms with Gasteiger partial charge in [0, 0.05) is 4.88 Å². The van der Waals surface area contributed by atoms with Crippen molar-refractivity contribution in [2.24, 2.45) is 0 Å². The molecule has 0 aliphatic carbocycles. The fourth-order valence-corrected chi connectivity index (χ4v) is 3.09. The summed E-state index contributed by atoms with van der Waals surface area (Å²) in [6, 6.07) is -0.723. The Balaban J connectivity index is 3.18. The van der Waals surface area contributed by atoms with Crippen molar-refractivity contribution in [2.45, 2.75) is 32.0 Å². The molecule has 18 heavy (non-hydrogen) atoms. The molecule has 0 aliphatic heterocycles. The summed E-state index contributed by atoms with van der Waals surface area (Å²) in [7, 11) is 0. The summed E-state index contributed by atoms with van der Waals surface area (Å²) in [6.07, 6.45) is -5.58. The summed E-state index contributed by atoms with van der Waals surface area (Å²) in [5, 5.41) is 2.21. The molecule has 0 saturated heterocycles. The molecule has 1 N–H and O–H groups in total. The minimum Gasteiger partial charge on any atom is -0.304 e. The number of alkyl halides is 5. The van der Waals surface area contributed by atoms with Gasteiger partial charge in [0.25, 0.3) is 0 Å². The average Bonchev–Trinajstić information content (AvgIpc) is 2.53. The first kappa shape index (κ1) is 15.8. The van der Waals surface area contributed by atoms with Crippen molar-refractivity contribution in [1.82, 2.24) is 5.32 Å². The summed E-state index contributed by atoms with van der Waals surface area (Å²) >= 11 is 4.00. The molecule has 8 heteroatoms. The third-order valence-electron chi connectivity index (χ3n) is 2.31. The maximum absolute atomic E-state index is 13.4. The molecular formula is C10H11BrF5NS. The van der Waals surface area contributed by atoms with Gasteiger partial charge in [-0.1, -0.05) is 6.92 Å². The monoisotopic (exact) mass is 351 g/mol. The average molecular weight is 352 g/mol. The van der Waals surface area contributed by atoms with E-state index in [0.717, 1.165) is 11.3 Å². The van der Waals surface area contributed by atoms with Crippen LogP contribution in [0.1, 0.15) is 23.4 Å². The normalized spacial score (nSPS) is 14.9. The maximum Gasteiger partial charge on any atom is 0.455 e. The van der Waals surface area contributed by atoms with E-state index >= 15 is 0 Å². The van der Waals surface area contributed by atoms with Crippen LogP contribution in [0.5, 0.6) is 0 Å². The Morgan fingerprint density at radius 3 is 2.22 bits per heavy atom. The molecular weight excluding hydrogens is 341 g/mol. The van der Waals surface area contributed by atoms with Gasteiger partial charge in [0.15, 0.2) is 0 Å². The Bertz CT molecular complexity index is 395. The van der Waals surface area contributed by atoms with Gasteiger partial charge in [-0.15, -0.1) is 11.3 Å². The van der Waals surface area contributed by atoms with Crippen molar-refractivity contribution in [3.8, 4) is 0 Å². The third kappa shape index (κ3) is 3.03. The molecule has 0 spiro atoms. The highest BCUT2D eigenvalue weighted by atomic mass is 79.9. The van der Waals surface area contributed by atoms with Gasteiger partial charge in [-0.05, 0) is 41.0 Å². The van der Waals surface area contributed by atoms with Crippen molar-refractivity contribution in [1.29, 1.82) is 0 Å². The lowest BCUT2D eigenvalue weighted by atomic mass is 10.1. The Morgan fingerprint density at radius 2 is 1.89 bits per heavy atom. The minimum atomic E-state index is -5.58. The molecule has 1 unspecified atom stereocenters. The van der Waals surface area contributed by atoms with Crippen LogP contribution >= 0.6 is 27.3 Å². The van der Waals surface area contributed by atoms with Gasteiger partial charge in [0.1, 0.15) is 6.04 Å². The van der Waals surface area contributed by atoms with Gasteiger partial charge in [-0.25, -0.2) is 0 Å². The van der Waals surface area contributed by atoms with Crippen molar-refractivity contribution in [3.05, 3.63) is 20.3 Å². The van der Waals surface area contributed by atoms with Crippen molar-refractivity contribution in [3.63, 3.8) is 0 Å². The standard InChI is InChI=1S/C10H11BrF5NS/c1-3-17-7(9(12,13)10(14,15)16)6-4-5(2)8(11)18-6/h4,7,17H,3H2,1-2H3. The lowest BCUT2D eigenvalue weighted by molar-refractivity contribution is -0.294. The highest BCUT2D eigenvalue weighted by Crippen LogP contribution is 2.46. The van der Waals surface area contributed by atoms with Crippen molar-refractivity contribution >= 4 is 27.3 Å². The largest absolute Gasteiger partial charge is 0.455 e. The zero-order chi connectivity index (χ0) is 14.1. The zero-order valence-corrected chi connectivity index (χ0v) is 11.9. The Morgan fingerprint density at radius 1 is 1.33 bits per heavy atom.